The van der Waals surface area contributed by atoms with E-state index >= 15 is 0 Å². The number of amides is 4. The fourth-order valence-corrected chi connectivity index (χ4v) is 4.05. The number of urea groups is 1. The normalized spacial score (nSPS) is 15.3. The number of halogens is 1. The Morgan fingerprint density at radius 1 is 0.912 bits per heavy atom. The zero-order valence-corrected chi connectivity index (χ0v) is 18.3. The first-order valence-corrected chi connectivity index (χ1v) is 10.7. The number of fused-ring (bicyclic) bond motifs is 1. The highest BCUT2D eigenvalue weighted by Crippen LogP contribution is 2.27. The molecule has 4 aromatic rings. The summed E-state index contributed by atoms with van der Waals surface area (Å²) in [5.41, 5.74) is 3.91. The monoisotopic (exact) mass is 453 g/mol. The zero-order valence-electron chi connectivity index (χ0n) is 18.3. The van der Waals surface area contributed by atoms with Gasteiger partial charge in [-0.1, -0.05) is 48.0 Å². The topological polar surface area (TPSA) is 71.4 Å². The van der Waals surface area contributed by atoms with Crippen molar-refractivity contribution in [3.05, 3.63) is 107 Å². The van der Waals surface area contributed by atoms with Crippen molar-refractivity contribution in [1.82, 2.24) is 9.88 Å². The lowest BCUT2D eigenvalue weighted by Crippen LogP contribution is -2.54. The van der Waals surface area contributed by atoms with Crippen LogP contribution in [0, 0.1) is 12.7 Å². The lowest BCUT2D eigenvalue weighted by atomic mass is 10.1. The molecule has 0 saturated carbocycles. The van der Waals surface area contributed by atoms with Crippen LogP contribution in [-0.2, 0) is 16.1 Å². The molecule has 1 aliphatic heterocycles. The molecule has 0 spiro atoms. The molecule has 5 rings (SSSR count). The van der Waals surface area contributed by atoms with Crippen molar-refractivity contribution in [2.75, 3.05) is 4.90 Å². The third kappa shape index (κ3) is 3.88. The highest BCUT2D eigenvalue weighted by molar-refractivity contribution is 6.39. The number of anilines is 1. The average Bonchev–Trinajstić information content (AvgIpc) is 3.16. The quantitative estimate of drug-likeness (QED) is 0.356. The summed E-state index contributed by atoms with van der Waals surface area (Å²) in [4.78, 5) is 39.0. The maximum Gasteiger partial charge on any atom is 0.335 e. The minimum Gasteiger partial charge on any atom is -0.342 e. The van der Waals surface area contributed by atoms with Crippen LogP contribution < -0.4 is 10.2 Å². The lowest BCUT2D eigenvalue weighted by Gasteiger charge is -2.26. The number of hydrogen-bond donors (Lipinski definition) is 1. The lowest BCUT2D eigenvalue weighted by molar-refractivity contribution is -0.122. The van der Waals surface area contributed by atoms with Crippen molar-refractivity contribution >= 4 is 40.5 Å². The smallest absolute Gasteiger partial charge is 0.335 e. The van der Waals surface area contributed by atoms with Gasteiger partial charge in [0.15, 0.2) is 0 Å². The Morgan fingerprint density at radius 3 is 2.35 bits per heavy atom. The molecule has 1 fully saturated rings. The molecule has 2 heterocycles. The Labute approximate surface area is 194 Å². The van der Waals surface area contributed by atoms with Crippen molar-refractivity contribution in [3.8, 4) is 0 Å². The van der Waals surface area contributed by atoms with Crippen molar-refractivity contribution in [2.24, 2.45) is 0 Å². The standard InChI is InChI=1S/C27H20FN3O3/c1-17-6-8-18(9-7-17)15-30-16-19(22-4-2-3-5-24(22)30)14-23-25(32)29-27(34)31(26(23)33)21-12-10-20(28)11-13-21/h2-14,16H,15H2,1H3,(H,29,32,34). The van der Waals surface area contributed by atoms with Gasteiger partial charge in [-0.25, -0.2) is 14.1 Å². The van der Waals surface area contributed by atoms with Crippen LogP contribution in [0.25, 0.3) is 17.0 Å². The minimum atomic E-state index is -0.874. The van der Waals surface area contributed by atoms with Crippen molar-refractivity contribution in [2.45, 2.75) is 13.5 Å². The average molecular weight is 453 g/mol. The van der Waals surface area contributed by atoms with E-state index in [1.54, 1.807) is 0 Å². The van der Waals surface area contributed by atoms with Gasteiger partial charge in [0.05, 0.1) is 5.69 Å². The molecule has 1 aromatic heterocycles. The van der Waals surface area contributed by atoms with Crippen LogP contribution in [0.3, 0.4) is 0 Å². The number of hydrogen-bond acceptors (Lipinski definition) is 3. The van der Waals surface area contributed by atoms with Gasteiger partial charge < -0.3 is 4.57 Å². The number of imide groups is 2. The van der Waals surface area contributed by atoms with Gasteiger partial charge in [-0.3, -0.25) is 14.9 Å². The number of benzene rings is 3. The van der Waals surface area contributed by atoms with E-state index in [1.165, 1.54) is 23.8 Å². The molecule has 1 aliphatic rings. The number of nitrogens with zero attached hydrogens (tertiary/aromatic N) is 2. The Kier molecular flexibility index (Phi) is 5.30. The van der Waals surface area contributed by atoms with Crippen molar-refractivity contribution in [3.63, 3.8) is 0 Å². The fourth-order valence-electron chi connectivity index (χ4n) is 4.05. The van der Waals surface area contributed by atoms with Gasteiger partial charge >= 0.3 is 6.03 Å². The van der Waals surface area contributed by atoms with Gasteiger partial charge in [-0.2, -0.15) is 0 Å². The SMILES string of the molecule is Cc1ccc(Cn2cc(C=C3C(=O)NC(=O)N(c4ccc(F)cc4)C3=O)c3ccccc32)cc1. The maximum absolute atomic E-state index is 13.3. The summed E-state index contributed by atoms with van der Waals surface area (Å²) >= 11 is 0. The van der Waals surface area contributed by atoms with Crippen LogP contribution in [0.5, 0.6) is 0 Å². The molecule has 7 heteroatoms. The first-order valence-electron chi connectivity index (χ1n) is 10.7. The molecule has 1 saturated heterocycles. The molecule has 34 heavy (non-hydrogen) atoms. The van der Waals surface area contributed by atoms with E-state index in [0.717, 1.165) is 33.5 Å². The van der Waals surface area contributed by atoms with Crippen LogP contribution in [0.2, 0.25) is 0 Å². The van der Waals surface area contributed by atoms with Crippen LogP contribution in [0.1, 0.15) is 16.7 Å². The van der Waals surface area contributed by atoms with Gasteiger partial charge in [0, 0.05) is 29.2 Å². The van der Waals surface area contributed by atoms with Gasteiger partial charge in [-0.15, -0.1) is 0 Å². The minimum absolute atomic E-state index is 0.170. The first kappa shape index (κ1) is 21.3. The Hall–Kier alpha value is -4.52. The number of nitrogens with one attached hydrogen (secondary N) is 1. The van der Waals surface area contributed by atoms with E-state index in [9.17, 15) is 18.8 Å². The van der Waals surface area contributed by atoms with Gasteiger partial charge in [0.1, 0.15) is 11.4 Å². The van der Waals surface area contributed by atoms with E-state index in [4.69, 9.17) is 0 Å². The Morgan fingerprint density at radius 2 is 1.62 bits per heavy atom. The largest absolute Gasteiger partial charge is 0.342 e. The first-order chi connectivity index (χ1) is 16.4. The molecule has 0 aliphatic carbocycles. The second-order valence-corrected chi connectivity index (χ2v) is 8.15. The van der Waals surface area contributed by atoms with Gasteiger partial charge in [-0.05, 0) is 48.9 Å². The van der Waals surface area contributed by atoms with E-state index in [1.807, 2.05) is 37.4 Å². The number of carbonyl (C=O) groups excluding carboxylic acids is 3. The number of barbiturate groups is 1. The van der Waals surface area contributed by atoms with Gasteiger partial charge in [0.25, 0.3) is 11.8 Å². The summed E-state index contributed by atoms with van der Waals surface area (Å²) in [7, 11) is 0. The third-order valence-electron chi connectivity index (χ3n) is 5.78. The van der Waals surface area contributed by atoms with Crippen LogP contribution in [0.15, 0.2) is 84.6 Å². The molecule has 4 amide bonds. The molecular weight excluding hydrogens is 433 g/mol. The zero-order chi connectivity index (χ0) is 23.8. The number of aryl methyl sites for hydroxylation is 1. The number of para-hydroxylation sites is 1. The van der Waals surface area contributed by atoms with E-state index < -0.39 is 23.7 Å². The number of aromatic nitrogens is 1. The predicted molar refractivity (Wildman–Crippen MR) is 128 cm³/mol. The molecule has 6 nitrogen and oxygen atoms in total. The molecule has 0 bridgehead atoms. The molecule has 1 N–H and O–H groups in total. The molecule has 3 aromatic carbocycles. The van der Waals surface area contributed by atoms with Crippen molar-refractivity contribution in [1.29, 1.82) is 0 Å². The Bertz CT molecular complexity index is 1470. The maximum atomic E-state index is 13.3. The Balaban J connectivity index is 1.56. The molecule has 0 radical (unpaired) electrons. The van der Waals surface area contributed by atoms with Crippen LogP contribution in [0.4, 0.5) is 14.9 Å². The summed E-state index contributed by atoms with van der Waals surface area (Å²) < 4.78 is 15.4. The van der Waals surface area contributed by atoms with E-state index in [-0.39, 0.29) is 11.3 Å². The highest BCUT2D eigenvalue weighted by Gasteiger charge is 2.37. The van der Waals surface area contributed by atoms with Crippen LogP contribution >= 0.6 is 0 Å². The van der Waals surface area contributed by atoms with E-state index in [0.29, 0.717) is 12.1 Å². The summed E-state index contributed by atoms with van der Waals surface area (Å²) in [6, 6.07) is 20.0. The summed E-state index contributed by atoms with van der Waals surface area (Å²) in [5, 5.41) is 3.07. The second kappa shape index (κ2) is 8.44. The van der Waals surface area contributed by atoms with Crippen molar-refractivity contribution < 1.29 is 18.8 Å². The highest BCUT2D eigenvalue weighted by atomic mass is 19.1. The molecule has 168 valence electrons. The second-order valence-electron chi connectivity index (χ2n) is 8.15. The summed E-state index contributed by atoms with van der Waals surface area (Å²) in [6.07, 6.45) is 3.38. The molecule has 0 atom stereocenters. The summed E-state index contributed by atoms with van der Waals surface area (Å²) in [6.45, 7) is 2.65. The van der Waals surface area contributed by atoms with E-state index in [2.05, 4.69) is 34.1 Å². The van der Waals surface area contributed by atoms with Gasteiger partial charge in [0.2, 0.25) is 0 Å². The molecular formula is C27H20FN3O3. The summed E-state index contributed by atoms with van der Waals surface area (Å²) in [5.74, 6) is -2.04. The number of carbonyl (C=O) groups is 3. The predicted octanol–water partition coefficient (Wildman–Crippen LogP) is 4.80. The van der Waals surface area contributed by atoms with Crippen LogP contribution in [-0.4, -0.2) is 22.4 Å². The number of rotatable bonds is 4. The molecule has 0 unspecified atom stereocenters. The fraction of sp³-hybridized carbons (Fsp3) is 0.0741. The third-order valence-corrected chi connectivity index (χ3v) is 5.78.